The molecule has 0 saturated carbocycles. The summed E-state index contributed by atoms with van der Waals surface area (Å²) in [5, 5.41) is 1.02. The molecular weight excluding hydrogens is 455 g/mol. The van der Waals surface area contributed by atoms with Crippen LogP contribution in [0, 0.1) is 6.92 Å². The Kier molecular flexibility index (Phi) is 6.03. The number of amides is 1. The third-order valence-corrected chi connectivity index (χ3v) is 6.14. The lowest BCUT2D eigenvalue weighted by atomic mass is 10.1. The third kappa shape index (κ3) is 3.96. The summed E-state index contributed by atoms with van der Waals surface area (Å²) in [5.74, 6) is -0.262. The molecular formula is C19H15BrCl2N2OS. The van der Waals surface area contributed by atoms with E-state index in [0.717, 1.165) is 20.6 Å². The SMILES string of the molecule is CCn1c(-c2ccc(Cl)c(Cl)c2)c(C)sc1=NC(=O)c1ccc(Br)cc1. The first-order chi connectivity index (χ1) is 12.4. The number of nitrogens with zero attached hydrogens (tertiary/aromatic N) is 2. The minimum Gasteiger partial charge on any atom is -0.316 e. The molecule has 0 bridgehead atoms. The van der Waals surface area contributed by atoms with Crippen LogP contribution in [0.5, 0.6) is 0 Å². The molecule has 0 unspecified atom stereocenters. The summed E-state index contributed by atoms with van der Waals surface area (Å²) in [6.07, 6.45) is 0. The topological polar surface area (TPSA) is 34.4 Å². The van der Waals surface area contributed by atoms with Crippen molar-refractivity contribution in [2.75, 3.05) is 0 Å². The van der Waals surface area contributed by atoms with Crippen LogP contribution in [0.25, 0.3) is 11.3 Å². The lowest BCUT2D eigenvalue weighted by Crippen LogP contribution is -2.17. The zero-order valence-electron chi connectivity index (χ0n) is 14.1. The maximum absolute atomic E-state index is 12.5. The number of aromatic nitrogens is 1. The van der Waals surface area contributed by atoms with E-state index < -0.39 is 0 Å². The number of hydrogen-bond acceptors (Lipinski definition) is 2. The van der Waals surface area contributed by atoms with E-state index in [2.05, 4.69) is 20.9 Å². The summed E-state index contributed by atoms with van der Waals surface area (Å²) in [7, 11) is 0. The molecule has 0 fully saturated rings. The quantitative estimate of drug-likeness (QED) is 0.439. The maximum atomic E-state index is 12.5. The van der Waals surface area contributed by atoms with Crippen LogP contribution in [0.15, 0.2) is 51.9 Å². The van der Waals surface area contributed by atoms with Gasteiger partial charge in [-0.25, -0.2) is 0 Å². The van der Waals surface area contributed by atoms with Crippen molar-refractivity contribution in [2.45, 2.75) is 20.4 Å². The molecule has 0 atom stereocenters. The highest BCUT2D eigenvalue weighted by Gasteiger charge is 2.14. The number of benzene rings is 2. The van der Waals surface area contributed by atoms with Crippen LogP contribution < -0.4 is 4.80 Å². The van der Waals surface area contributed by atoms with Crippen LogP contribution in [0.4, 0.5) is 0 Å². The molecule has 0 radical (unpaired) electrons. The number of hydrogen-bond donors (Lipinski definition) is 0. The van der Waals surface area contributed by atoms with Gasteiger partial charge < -0.3 is 4.57 Å². The molecule has 1 amide bonds. The van der Waals surface area contributed by atoms with E-state index >= 15 is 0 Å². The number of halogens is 3. The van der Waals surface area contributed by atoms with Gasteiger partial charge in [0.05, 0.1) is 15.7 Å². The van der Waals surface area contributed by atoms with Gasteiger partial charge >= 0.3 is 0 Å². The Balaban J connectivity index is 2.10. The van der Waals surface area contributed by atoms with Gasteiger partial charge in [-0.15, -0.1) is 11.3 Å². The molecule has 0 spiro atoms. The zero-order chi connectivity index (χ0) is 18.8. The fraction of sp³-hybridized carbons (Fsp3) is 0.158. The summed E-state index contributed by atoms with van der Waals surface area (Å²) in [6.45, 7) is 4.72. The van der Waals surface area contributed by atoms with E-state index in [9.17, 15) is 4.79 Å². The van der Waals surface area contributed by atoms with Crippen LogP contribution in [-0.4, -0.2) is 10.5 Å². The molecule has 0 saturated heterocycles. The summed E-state index contributed by atoms with van der Waals surface area (Å²) < 4.78 is 2.95. The molecule has 3 rings (SSSR count). The molecule has 0 aliphatic rings. The number of thiazole rings is 1. The molecule has 0 N–H and O–H groups in total. The maximum Gasteiger partial charge on any atom is 0.279 e. The second-order valence-corrected chi connectivity index (χ2v) is 8.50. The minimum atomic E-state index is -0.262. The molecule has 1 aromatic heterocycles. The van der Waals surface area contributed by atoms with Crippen LogP contribution in [0.2, 0.25) is 10.0 Å². The largest absolute Gasteiger partial charge is 0.316 e. The van der Waals surface area contributed by atoms with Crippen molar-refractivity contribution in [3.63, 3.8) is 0 Å². The zero-order valence-corrected chi connectivity index (χ0v) is 18.0. The van der Waals surface area contributed by atoms with E-state index in [1.807, 2.05) is 42.7 Å². The van der Waals surface area contributed by atoms with Gasteiger partial charge in [-0.05, 0) is 50.2 Å². The van der Waals surface area contributed by atoms with Gasteiger partial charge in [0.1, 0.15) is 0 Å². The Morgan fingerprint density at radius 2 is 1.85 bits per heavy atom. The molecule has 7 heteroatoms. The molecule has 2 aromatic carbocycles. The normalized spacial score (nSPS) is 11.8. The van der Waals surface area contributed by atoms with Crippen LogP contribution >= 0.6 is 50.5 Å². The van der Waals surface area contributed by atoms with E-state index in [0.29, 0.717) is 27.0 Å². The Hall–Kier alpha value is -1.40. The fourth-order valence-corrected chi connectivity index (χ4v) is 4.27. The molecule has 3 nitrogen and oxygen atoms in total. The van der Waals surface area contributed by atoms with Gasteiger partial charge in [-0.3, -0.25) is 4.79 Å². The summed E-state index contributed by atoms with van der Waals surface area (Å²) >= 11 is 17.1. The third-order valence-electron chi connectivity index (χ3n) is 3.88. The van der Waals surface area contributed by atoms with Gasteiger partial charge in [0.25, 0.3) is 5.91 Å². The Labute approximate surface area is 174 Å². The average Bonchev–Trinajstić information content (AvgIpc) is 2.93. The summed E-state index contributed by atoms with van der Waals surface area (Å²) in [4.78, 5) is 18.6. The van der Waals surface area contributed by atoms with Crippen LogP contribution in [0.3, 0.4) is 0 Å². The predicted octanol–water partition coefficient (Wildman–Crippen LogP) is 6.36. The molecule has 0 aliphatic carbocycles. The van der Waals surface area contributed by atoms with Gasteiger partial charge in [-0.1, -0.05) is 45.2 Å². The number of rotatable bonds is 3. The summed E-state index contributed by atoms with van der Waals surface area (Å²) in [5.41, 5.74) is 2.50. The van der Waals surface area contributed by atoms with Crippen molar-refractivity contribution in [1.29, 1.82) is 0 Å². The molecule has 134 valence electrons. The lowest BCUT2D eigenvalue weighted by Gasteiger charge is -2.08. The molecule has 0 aliphatic heterocycles. The Bertz CT molecular complexity index is 1040. The first kappa shape index (κ1) is 19.4. The van der Waals surface area contributed by atoms with Crippen molar-refractivity contribution in [3.05, 3.63) is 72.2 Å². The first-order valence-corrected chi connectivity index (χ1v) is 10.3. The highest BCUT2D eigenvalue weighted by atomic mass is 79.9. The van der Waals surface area contributed by atoms with Crippen molar-refractivity contribution >= 4 is 56.4 Å². The number of carbonyl (C=O) groups is 1. The monoisotopic (exact) mass is 468 g/mol. The van der Waals surface area contributed by atoms with Gasteiger partial charge in [0.15, 0.2) is 4.80 Å². The first-order valence-electron chi connectivity index (χ1n) is 7.91. The average molecular weight is 470 g/mol. The Morgan fingerprint density at radius 3 is 2.46 bits per heavy atom. The summed E-state index contributed by atoms with van der Waals surface area (Å²) in [6, 6.07) is 12.7. The van der Waals surface area contributed by atoms with E-state index in [1.54, 1.807) is 18.2 Å². The van der Waals surface area contributed by atoms with Crippen molar-refractivity contribution < 1.29 is 4.79 Å². The number of carbonyl (C=O) groups excluding carboxylic acids is 1. The van der Waals surface area contributed by atoms with E-state index in [4.69, 9.17) is 23.2 Å². The van der Waals surface area contributed by atoms with Gasteiger partial charge in [0, 0.05) is 27.0 Å². The van der Waals surface area contributed by atoms with Crippen LogP contribution in [0.1, 0.15) is 22.2 Å². The molecule has 26 heavy (non-hydrogen) atoms. The Morgan fingerprint density at radius 1 is 1.15 bits per heavy atom. The van der Waals surface area contributed by atoms with Crippen molar-refractivity contribution in [3.8, 4) is 11.3 Å². The lowest BCUT2D eigenvalue weighted by molar-refractivity contribution is 0.0998. The second kappa shape index (κ2) is 8.09. The van der Waals surface area contributed by atoms with Crippen LogP contribution in [-0.2, 0) is 6.54 Å². The smallest absolute Gasteiger partial charge is 0.279 e. The highest BCUT2D eigenvalue weighted by molar-refractivity contribution is 9.10. The van der Waals surface area contributed by atoms with E-state index in [1.165, 1.54) is 11.3 Å². The van der Waals surface area contributed by atoms with Crippen molar-refractivity contribution in [1.82, 2.24) is 4.57 Å². The minimum absolute atomic E-state index is 0.262. The van der Waals surface area contributed by atoms with Gasteiger partial charge in [0.2, 0.25) is 0 Å². The second-order valence-electron chi connectivity index (χ2n) is 5.59. The molecule has 1 heterocycles. The number of aryl methyl sites for hydroxylation is 1. The van der Waals surface area contributed by atoms with E-state index in [-0.39, 0.29) is 5.91 Å². The predicted molar refractivity (Wildman–Crippen MR) is 112 cm³/mol. The fourth-order valence-electron chi connectivity index (χ4n) is 2.65. The standard InChI is InChI=1S/C19H15BrCl2N2OS/c1-3-24-17(13-6-9-15(21)16(22)10-13)11(2)26-19(24)23-18(25)12-4-7-14(20)8-5-12/h4-10H,3H2,1-2H3. The molecule has 3 aromatic rings. The van der Waals surface area contributed by atoms with Gasteiger partial charge in [-0.2, -0.15) is 4.99 Å². The highest BCUT2D eigenvalue weighted by Crippen LogP contribution is 2.31. The van der Waals surface area contributed by atoms with Crippen molar-refractivity contribution in [2.24, 2.45) is 4.99 Å².